The first-order chi connectivity index (χ1) is 13.8. The van der Waals surface area contributed by atoms with E-state index in [2.05, 4.69) is 9.88 Å². The van der Waals surface area contributed by atoms with Crippen molar-refractivity contribution in [2.75, 3.05) is 27.2 Å². The third-order valence-electron chi connectivity index (χ3n) is 4.66. The molecule has 152 valence electrons. The van der Waals surface area contributed by atoms with Crippen molar-refractivity contribution in [3.63, 3.8) is 0 Å². The van der Waals surface area contributed by atoms with Crippen LogP contribution in [-0.2, 0) is 6.54 Å². The fourth-order valence-electron chi connectivity index (χ4n) is 3.19. The van der Waals surface area contributed by atoms with Gasteiger partial charge in [0, 0.05) is 18.5 Å². The van der Waals surface area contributed by atoms with Crippen molar-refractivity contribution in [3.05, 3.63) is 80.2 Å². The van der Waals surface area contributed by atoms with Crippen molar-refractivity contribution in [2.45, 2.75) is 13.0 Å². The van der Waals surface area contributed by atoms with E-state index in [9.17, 15) is 9.59 Å². The summed E-state index contributed by atoms with van der Waals surface area (Å²) < 4.78 is 0. The highest BCUT2D eigenvalue weighted by Crippen LogP contribution is 2.23. The molecule has 1 aromatic heterocycles. The molecule has 0 radical (unpaired) electrons. The number of amides is 1. The molecule has 0 saturated carbocycles. The zero-order valence-electron chi connectivity index (χ0n) is 16.4. The third-order valence-corrected chi connectivity index (χ3v) is 5.40. The highest BCUT2D eigenvalue weighted by Gasteiger charge is 2.18. The van der Waals surface area contributed by atoms with Gasteiger partial charge in [-0.15, -0.1) is 0 Å². The molecule has 0 fully saturated rings. The lowest BCUT2D eigenvalue weighted by Gasteiger charge is -2.24. The number of carbonyl (C=O) groups excluding carboxylic acids is 1. The van der Waals surface area contributed by atoms with Crippen LogP contribution in [-0.4, -0.2) is 47.9 Å². The number of pyridine rings is 1. The van der Waals surface area contributed by atoms with Crippen LogP contribution in [0.25, 0.3) is 10.8 Å². The molecule has 7 heteroatoms. The zero-order valence-corrected chi connectivity index (χ0v) is 17.9. The minimum Gasteiger partial charge on any atom is -0.333 e. The molecule has 1 heterocycles. The number of H-pyrrole nitrogens is 1. The molecule has 5 nitrogen and oxygen atoms in total. The number of benzene rings is 2. The SMILES string of the molecule is CN(C)CCCN(Cc1ccc(Cl)c(Cl)c1)C(=O)c1cc2ccccc2c(=O)[nH]1. The van der Waals surface area contributed by atoms with E-state index in [4.69, 9.17) is 23.2 Å². The number of aromatic nitrogens is 1. The van der Waals surface area contributed by atoms with E-state index in [1.165, 1.54) is 0 Å². The average molecular weight is 432 g/mol. The number of fused-ring (bicyclic) bond motifs is 1. The van der Waals surface area contributed by atoms with E-state index in [1.54, 1.807) is 35.2 Å². The summed E-state index contributed by atoms with van der Waals surface area (Å²) in [5, 5.41) is 2.22. The maximum absolute atomic E-state index is 13.3. The van der Waals surface area contributed by atoms with Gasteiger partial charge in [-0.1, -0.05) is 47.5 Å². The molecular formula is C22H23Cl2N3O2. The number of hydrogen-bond donors (Lipinski definition) is 1. The molecule has 3 rings (SSSR count). The Labute approximate surface area is 179 Å². The first-order valence-corrected chi connectivity index (χ1v) is 10.1. The Bertz CT molecular complexity index is 1080. The summed E-state index contributed by atoms with van der Waals surface area (Å²) in [7, 11) is 3.98. The summed E-state index contributed by atoms with van der Waals surface area (Å²) in [6.45, 7) is 1.77. The summed E-state index contributed by atoms with van der Waals surface area (Å²) >= 11 is 12.1. The fraction of sp³-hybridized carbons (Fsp3) is 0.273. The summed E-state index contributed by atoms with van der Waals surface area (Å²) in [4.78, 5) is 32.2. The lowest BCUT2D eigenvalue weighted by atomic mass is 10.1. The van der Waals surface area contributed by atoms with Crippen LogP contribution in [0, 0.1) is 0 Å². The van der Waals surface area contributed by atoms with Gasteiger partial charge in [-0.2, -0.15) is 0 Å². The van der Waals surface area contributed by atoms with Gasteiger partial charge in [0.2, 0.25) is 0 Å². The number of aromatic amines is 1. The van der Waals surface area contributed by atoms with Crippen molar-refractivity contribution in [3.8, 4) is 0 Å². The second kappa shape index (κ2) is 9.44. The van der Waals surface area contributed by atoms with E-state index < -0.39 is 0 Å². The van der Waals surface area contributed by atoms with Crippen LogP contribution in [0.5, 0.6) is 0 Å². The molecule has 0 spiro atoms. The van der Waals surface area contributed by atoms with Gasteiger partial charge < -0.3 is 14.8 Å². The smallest absolute Gasteiger partial charge is 0.270 e. The summed E-state index contributed by atoms with van der Waals surface area (Å²) in [6, 6.07) is 14.3. The topological polar surface area (TPSA) is 56.4 Å². The third kappa shape index (κ3) is 5.38. The predicted molar refractivity (Wildman–Crippen MR) is 119 cm³/mol. The summed E-state index contributed by atoms with van der Waals surface area (Å²) in [5.74, 6) is -0.224. The highest BCUT2D eigenvalue weighted by atomic mass is 35.5. The Morgan fingerprint density at radius 1 is 1.00 bits per heavy atom. The molecular weight excluding hydrogens is 409 g/mol. The Morgan fingerprint density at radius 2 is 1.76 bits per heavy atom. The van der Waals surface area contributed by atoms with E-state index in [-0.39, 0.29) is 17.2 Å². The van der Waals surface area contributed by atoms with Crippen LogP contribution in [0.15, 0.2) is 53.3 Å². The fourth-order valence-corrected chi connectivity index (χ4v) is 3.51. The molecule has 2 aromatic carbocycles. The number of rotatable bonds is 7. The van der Waals surface area contributed by atoms with Crippen LogP contribution in [0.3, 0.4) is 0 Å². The summed E-state index contributed by atoms with van der Waals surface area (Å²) in [5.41, 5.74) is 0.883. The van der Waals surface area contributed by atoms with Crippen LogP contribution >= 0.6 is 23.2 Å². The zero-order chi connectivity index (χ0) is 21.0. The van der Waals surface area contributed by atoms with E-state index in [0.29, 0.717) is 28.5 Å². The van der Waals surface area contributed by atoms with Gasteiger partial charge in [0.15, 0.2) is 0 Å². The molecule has 0 saturated heterocycles. The van der Waals surface area contributed by atoms with Gasteiger partial charge in [0.05, 0.1) is 10.0 Å². The van der Waals surface area contributed by atoms with Crippen molar-refractivity contribution in [1.29, 1.82) is 0 Å². The van der Waals surface area contributed by atoms with Gasteiger partial charge in [0.1, 0.15) is 5.69 Å². The minimum atomic E-state index is -0.269. The molecule has 1 amide bonds. The maximum atomic E-state index is 13.3. The van der Waals surface area contributed by atoms with E-state index >= 15 is 0 Å². The van der Waals surface area contributed by atoms with Crippen molar-refractivity contribution in [2.24, 2.45) is 0 Å². The van der Waals surface area contributed by atoms with Gasteiger partial charge in [-0.25, -0.2) is 0 Å². The van der Waals surface area contributed by atoms with Gasteiger partial charge in [0.25, 0.3) is 11.5 Å². The monoisotopic (exact) mass is 431 g/mol. The molecule has 0 aliphatic rings. The Morgan fingerprint density at radius 3 is 2.48 bits per heavy atom. The summed E-state index contributed by atoms with van der Waals surface area (Å²) in [6.07, 6.45) is 0.803. The number of nitrogens with zero attached hydrogens (tertiary/aromatic N) is 2. The van der Waals surface area contributed by atoms with Crippen molar-refractivity contribution >= 4 is 39.9 Å². The quantitative estimate of drug-likeness (QED) is 0.601. The highest BCUT2D eigenvalue weighted by molar-refractivity contribution is 6.42. The Kier molecular flexibility index (Phi) is 6.96. The minimum absolute atomic E-state index is 0.224. The Balaban J connectivity index is 1.90. The molecule has 0 aliphatic carbocycles. The maximum Gasteiger partial charge on any atom is 0.270 e. The van der Waals surface area contributed by atoms with Gasteiger partial charge >= 0.3 is 0 Å². The molecule has 29 heavy (non-hydrogen) atoms. The number of carbonyl (C=O) groups is 1. The van der Waals surface area contributed by atoms with Crippen molar-refractivity contribution < 1.29 is 4.79 Å². The largest absolute Gasteiger partial charge is 0.333 e. The van der Waals surface area contributed by atoms with Crippen LogP contribution < -0.4 is 5.56 Å². The number of hydrogen-bond acceptors (Lipinski definition) is 3. The van der Waals surface area contributed by atoms with E-state index in [1.807, 2.05) is 32.3 Å². The molecule has 3 aromatic rings. The normalized spacial score (nSPS) is 11.2. The van der Waals surface area contributed by atoms with Gasteiger partial charge in [-0.05, 0) is 62.3 Å². The first kappa shape index (κ1) is 21.4. The predicted octanol–water partition coefficient (Wildman–Crippen LogP) is 4.43. The molecule has 1 N–H and O–H groups in total. The van der Waals surface area contributed by atoms with E-state index in [0.717, 1.165) is 23.9 Å². The molecule has 0 atom stereocenters. The molecule has 0 unspecified atom stereocenters. The number of nitrogens with one attached hydrogen (secondary N) is 1. The first-order valence-electron chi connectivity index (χ1n) is 9.35. The molecule has 0 bridgehead atoms. The van der Waals surface area contributed by atoms with Crippen LogP contribution in [0.1, 0.15) is 22.5 Å². The van der Waals surface area contributed by atoms with Crippen LogP contribution in [0.2, 0.25) is 10.0 Å². The van der Waals surface area contributed by atoms with Crippen molar-refractivity contribution in [1.82, 2.24) is 14.8 Å². The standard InChI is InChI=1S/C22H23Cl2N3O2/c1-26(2)10-5-11-27(14-15-8-9-18(23)19(24)12-15)22(29)20-13-16-6-3-4-7-17(16)21(28)25-20/h3-4,6-9,12-13H,5,10-11,14H2,1-2H3,(H,25,28). The lowest BCUT2D eigenvalue weighted by Crippen LogP contribution is -2.34. The number of halogens is 2. The second-order valence-corrected chi connectivity index (χ2v) is 8.05. The van der Waals surface area contributed by atoms with Gasteiger partial charge in [-0.3, -0.25) is 9.59 Å². The Hall–Kier alpha value is -2.34. The molecule has 0 aliphatic heterocycles. The lowest BCUT2D eigenvalue weighted by molar-refractivity contribution is 0.0731. The second-order valence-electron chi connectivity index (χ2n) is 7.23. The average Bonchev–Trinajstić information content (AvgIpc) is 2.69. The van der Waals surface area contributed by atoms with Crippen LogP contribution in [0.4, 0.5) is 0 Å².